The lowest BCUT2D eigenvalue weighted by molar-refractivity contribution is -0.143. The second-order valence-electron chi connectivity index (χ2n) is 4.04. The summed E-state index contributed by atoms with van der Waals surface area (Å²) in [6.45, 7) is 3.91. The number of hydrogen-bond acceptors (Lipinski definition) is 4. The van der Waals surface area contributed by atoms with Gasteiger partial charge in [0.15, 0.2) is 0 Å². The van der Waals surface area contributed by atoms with E-state index in [1.807, 2.05) is 31.1 Å². The maximum Gasteiger partial charge on any atom is 0.319 e. The third-order valence-electron chi connectivity index (χ3n) is 2.77. The minimum Gasteiger partial charge on any atom is -0.465 e. The lowest BCUT2D eigenvalue weighted by atomic mass is 9.90. The van der Waals surface area contributed by atoms with Crippen molar-refractivity contribution in [3.63, 3.8) is 0 Å². The minimum absolute atomic E-state index is 0.274. The molecule has 1 aromatic carbocycles. The molecular weight excluding hydrogens is 230 g/mol. The summed E-state index contributed by atoms with van der Waals surface area (Å²) < 4.78 is 4.93. The van der Waals surface area contributed by atoms with Gasteiger partial charge in [-0.15, -0.1) is 0 Å². The Morgan fingerprint density at radius 2 is 2.28 bits per heavy atom. The molecule has 0 amide bonds. The van der Waals surface area contributed by atoms with E-state index < -0.39 is 11.9 Å². The van der Waals surface area contributed by atoms with Crippen molar-refractivity contribution in [3.8, 4) is 0 Å². The van der Waals surface area contributed by atoms with E-state index in [4.69, 9.17) is 4.74 Å². The van der Waals surface area contributed by atoms with Gasteiger partial charge < -0.3 is 4.74 Å². The maximum absolute atomic E-state index is 11.7. The van der Waals surface area contributed by atoms with E-state index in [0.717, 1.165) is 5.56 Å². The molecule has 4 heteroatoms. The number of rotatable bonds is 2. The Bertz CT molecular complexity index is 568. The molecule has 0 spiro atoms. The fourth-order valence-electron chi connectivity index (χ4n) is 1.90. The molecule has 0 saturated heterocycles. The van der Waals surface area contributed by atoms with Crippen LogP contribution in [0.25, 0.3) is 5.57 Å². The summed E-state index contributed by atoms with van der Waals surface area (Å²) >= 11 is 0. The second-order valence-corrected chi connectivity index (χ2v) is 4.04. The van der Waals surface area contributed by atoms with Gasteiger partial charge in [0.1, 0.15) is 11.9 Å². The predicted molar refractivity (Wildman–Crippen MR) is 68.6 cm³/mol. The van der Waals surface area contributed by atoms with Crippen LogP contribution in [0.2, 0.25) is 0 Å². The molecule has 18 heavy (non-hydrogen) atoms. The number of nitrogens with zero attached hydrogens (tertiary/aromatic N) is 1. The van der Waals surface area contributed by atoms with Crippen LogP contribution in [-0.4, -0.2) is 24.7 Å². The zero-order valence-corrected chi connectivity index (χ0v) is 10.3. The first kappa shape index (κ1) is 12.3. The van der Waals surface area contributed by atoms with Crippen molar-refractivity contribution >= 4 is 29.4 Å². The summed E-state index contributed by atoms with van der Waals surface area (Å²) in [7, 11) is 0. The van der Waals surface area contributed by atoms with Crippen LogP contribution in [0.5, 0.6) is 0 Å². The van der Waals surface area contributed by atoms with Gasteiger partial charge in [0.05, 0.1) is 17.9 Å². The first-order valence-corrected chi connectivity index (χ1v) is 5.74. The molecule has 0 N–H and O–H groups in total. The van der Waals surface area contributed by atoms with Gasteiger partial charge in [-0.2, -0.15) is 0 Å². The van der Waals surface area contributed by atoms with E-state index in [9.17, 15) is 9.59 Å². The van der Waals surface area contributed by atoms with Gasteiger partial charge in [0.25, 0.3) is 0 Å². The van der Waals surface area contributed by atoms with Gasteiger partial charge in [0, 0.05) is 11.8 Å². The number of hydrogen-bond donors (Lipinski definition) is 0. The Hall–Kier alpha value is -2.19. The Morgan fingerprint density at radius 1 is 1.50 bits per heavy atom. The Balaban J connectivity index is 2.47. The van der Waals surface area contributed by atoms with Crippen LogP contribution < -0.4 is 0 Å². The second kappa shape index (κ2) is 4.98. The number of ether oxygens (including phenoxy) is 1. The molecule has 1 atom stereocenters. The smallest absolute Gasteiger partial charge is 0.319 e. The van der Waals surface area contributed by atoms with E-state index in [-0.39, 0.29) is 6.61 Å². The highest BCUT2D eigenvalue weighted by atomic mass is 16.5. The highest BCUT2D eigenvalue weighted by Gasteiger charge is 2.29. The molecule has 1 aliphatic rings. The molecule has 0 saturated carbocycles. The van der Waals surface area contributed by atoms with Gasteiger partial charge in [-0.05, 0) is 26.0 Å². The highest BCUT2D eigenvalue weighted by Crippen LogP contribution is 2.34. The van der Waals surface area contributed by atoms with Gasteiger partial charge in [-0.1, -0.05) is 11.6 Å². The zero-order chi connectivity index (χ0) is 13.1. The number of esters is 1. The third-order valence-corrected chi connectivity index (χ3v) is 2.77. The molecule has 0 fully saturated rings. The van der Waals surface area contributed by atoms with Crippen molar-refractivity contribution in [1.82, 2.24) is 0 Å². The van der Waals surface area contributed by atoms with E-state index >= 15 is 0 Å². The molecule has 0 radical (unpaired) electrons. The quantitative estimate of drug-likeness (QED) is 0.590. The van der Waals surface area contributed by atoms with Crippen molar-refractivity contribution in [2.75, 3.05) is 6.61 Å². The molecule has 1 heterocycles. The molecule has 0 aromatic heterocycles. The summed E-state index contributed by atoms with van der Waals surface area (Å²) in [5.74, 6) is 0.632. The van der Waals surface area contributed by atoms with E-state index in [0.29, 0.717) is 16.8 Å². The van der Waals surface area contributed by atoms with Crippen molar-refractivity contribution in [3.05, 3.63) is 29.3 Å². The fraction of sp³-hybridized carbons (Fsp3) is 0.286. The standard InChI is InChI=1S/C14H13NO3/c1-3-18-14(17)11-7-15-13-5-4-9(2)6-10(13)12(11)8-16/h4-7,11H,3H2,1-2H3. The Morgan fingerprint density at radius 3 is 2.94 bits per heavy atom. The fourth-order valence-corrected chi connectivity index (χ4v) is 1.90. The normalized spacial score (nSPS) is 17.0. The number of aryl methyl sites for hydroxylation is 1. The number of carbonyl (C=O) groups excluding carboxylic acids is 2. The predicted octanol–water partition coefficient (Wildman–Crippen LogP) is 2.11. The Labute approximate surface area is 105 Å². The van der Waals surface area contributed by atoms with Crippen LogP contribution in [0.15, 0.2) is 23.2 Å². The summed E-state index contributed by atoms with van der Waals surface area (Å²) in [6, 6.07) is 5.56. The molecule has 2 rings (SSSR count). The van der Waals surface area contributed by atoms with Crippen LogP contribution in [0.1, 0.15) is 18.1 Å². The van der Waals surface area contributed by atoms with Gasteiger partial charge in [-0.25, -0.2) is 4.79 Å². The van der Waals surface area contributed by atoms with Crippen molar-refractivity contribution in [2.24, 2.45) is 10.9 Å². The Kier molecular flexibility index (Phi) is 3.40. The van der Waals surface area contributed by atoms with Crippen LogP contribution in [0.3, 0.4) is 0 Å². The molecule has 4 nitrogen and oxygen atoms in total. The molecule has 92 valence electrons. The van der Waals surface area contributed by atoms with Crippen molar-refractivity contribution in [1.29, 1.82) is 0 Å². The molecule has 1 unspecified atom stereocenters. The lowest BCUT2D eigenvalue weighted by Crippen LogP contribution is -2.23. The summed E-state index contributed by atoms with van der Waals surface area (Å²) in [6.07, 6.45) is 1.44. The summed E-state index contributed by atoms with van der Waals surface area (Å²) in [4.78, 5) is 27.1. The van der Waals surface area contributed by atoms with E-state index in [2.05, 4.69) is 4.99 Å². The number of aliphatic imine (C=N–C) groups is 1. The van der Waals surface area contributed by atoms with Gasteiger partial charge >= 0.3 is 5.97 Å². The average molecular weight is 243 g/mol. The van der Waals surface area contributed by atoms with Gasteiger partial charge in [-0.3, -0.25) is 9.79 Å². The maximum atomic E-state index is 11.7. The summed E-state index contributed by atoms with van der Waals surface area (Å²) in [5.41, 5.74) is 2.63. The monoisotopic (exact) mass is 243 g/mol. The zero-order valence-electron chi connectivity index (χ0n) is 10.3. The lowest BCUT2D eigenvalue weighted by Gasteiger charge is -2.18. The van der Waals surface area contributed by atoms with Crippen LogP contribution in [-0.2, 0) is 14.3 Å². The SMILES string of the molecule is CCOC(=O)C1C=Nc2ccc(C)cc2C1=C=O. The molecule has 1 aliphatic heterocycles. The summed E-state index contributed by atoms with van der Waals surface area (Å²) in [5, 5.41) is 0. The van der Waals surface area contributed by atoms with Crippen LogP contribution >= 0.6 is 0 Å². The van der Waals surface area contributed by atoms with Gasteiger partial charge in [0.2, 0.25) is 0 Å². The molecular formula is C14H13NO3. The molecule has 1 aromatic rings. The number of benzene rings is 1. The largest absolute Gasteiger partial charge is 0.465 e. The topological polar surface area (TPSA) is 55.7 Å². The number of carbonyl (C=O) groups is 1. The van der Waals surface area contributed by atoms with E-state index in [1.165, 1.54) is 6.21 Å². The highest BCUT2D eigenvalue weighted by molar-refractivity contribution is 6.13. The van der Waals surface area contributed by atoms with Crippen LogP contribution in [0.4, 0.5) is 5.69 Å². The van der Waals surface area contributed by atoms with Crippen LogP contribution in [0, 0.1) is 12.8 Å². The molecule has 0 aliphatic carbocycles. The van der Waals surface area contributed by atoms with E-state index in [1.54, 1.807) is 6.92 Å². The molecule has 0 bridgehead atoms. The average Bonchev–Trinajstić information content (AvgIpc) is 2.37. The first-order chi connectivity index (χ1) is 8.67. The van der Waals surface area contributed by atoms with Crippen molar-refractivity contribution in [2.45, 2.75) is 13.8 Å². The first-order valence-electron chi connectivity index (χ1n) is 5.74. The van der Waals surface area contributed by atoms with Crippen molar-refractivity contribution < 1.29 is 14.3 Å². The minimum atomic E-state index is -0.753. The number of fused-ring (bicyclic) bond motifs is 1. The third kappa shape index (κ3) is 2.11.